The fraction of sp³-hybridized carbons (Fsp3) is 0.364. The average Bonchev–Trinajstić information content (AvgIpc) is 3.04. The molecule has 0 saturated carbocycles. The van der Waals surface area contributed by atoms with Crippen LogP contribution in [0.2, 0.25) is 10.0 Å². The number of phenolic OH excluding ortho intramolecular Hbond substituents is 2. The summed E-state index contributed by atoms with van der Waals surface area (Å²) in [6, 6.07) is 8.34. The van der Waals surface area contributed by atoms with Crippen LogP contribution in [0, 0.1) is 0 Å². The first-order chi connectivity index (χ1) is 22.7. The van der Waals surface area contributed by atoms with Gasteiger partial charge in [0.1, 0.15) is 22.8 Å². The molecule has 6 atom stereocenters. The molecule has 16 heteroatoms. The van der Waals surface area contributed by atoms with Crippen LogP contribution in [0.25, 0.3) is 0 Å². The van der Waals surface area contributed by atoms with Crippen LogP contribution >= 0.6 is 35.6 Å². The van der Waals surface area contributed by atoms with Crippen molar-refractivity contribution in [1.29, 1.82) is 0 Å². The number of ketones is 3. The molecule has 0 aromatic heterocycles. The molecular formula is C33H34Cl3N3O10. The lowest BCUT2D eigenvalue weighted by Gasteiger charge is -2.43. The first-order valence-corrected chi connectivity index (χ1v) is 15.8. The molecule has 0 bridgehead atoms. The van der Waals surface area contributed by atoms with Crippen molar-refractivity contribution in [3.63, 3.8) is 0 Å². The maximum absolute atomic E-state index is 13.9. The summed E-state index contributed by atoms with van der Waals surface area (Å²) in [5.41, 5.74) is 0.110. The van der Waals surface area contributed by atoms with Crippen molar-refractivity contribution in [2.75, 3.05) is 12.2 Å². The van der Waals surface area contributed by atoms with Crippen molar-refractivity contribution < 1.29 is 49.0 Å². The van der Waals surface area contributed by atoms with Gasteiger partial charge < -0.3 is 34.6 Å². The molecule has 13 nitrogen and oxygen atoms in total. The summed E-state index contributed by atoms with van der Waals surface area (Å²) >= 11 is 12.2. The van der Waals surface area contributed by atoms with Crippen LogP contribution < -0.4 is 21.1 Å². The third kappa shape index (κ3) is 6.24. The predicted octanol–water partition coefficient (Wildman–Crippen LogP) is 3.68. The van der Waals surface area contributed by atoms with Gasteiger partial charge in [0.2, 0.25) is 5.78 Å². The van der Waals surface area contributed by atoms with Crippen LogP contribution in [0.3, 0.4) is 0 Å². The van der Waals surface area contributed by atoms with E-state index in [9.17, 15) is 34.8 Å². The van der Waals surface area contributed by atoms with Gasteiger partial charge in [0, 0.05) is 36.0 Å². The molecule has 6 rings (SSSR count). The Labute approximate surface area is 296 Å². The van der Waals surface area contributed by atoms with E-state index in [4.69, 9.17) is 43.3 Å². The summed E-state index contributed by atoms with van der Waals surface area (Å²) in [6.07, 6.45) is -5.20. The molecule has 4 unspecified atom stereocenters. The lowest BCUT2D eigenvalue weighted by Crippen LogP contribution is -2.60. The molecule has 7 N–H and O–H groups in total. The van der Waals surface area contributed by atoms with E-state index >= 15 is 0 Å². The van der Waals surface area contributed by atoms with Crippen molar-refractivity contribution in [3.8, 4) is 17.2 Å². The smallest absolute Gasteiger partial charge is 0.202 e. The van der Waals surface area contributed by atoms with Crippen LogP contribution in [0.15, 0.2) is 36.4 Å². The first-order valence-electron chi connectivity index (χ1n) is 15.0. The molecule has 262 valence electrons. The monoisotopic (exact) mass is 737 g/mol. The Morgan fingerprint density at radius 2 is 1.78 bits per heavy atom. The Morgan fingerprint density at radius 1 is 1.08 bits per heavy atom. The molecule has 2 aliphatic carbocycles. The molecule has 1 aliphatic heterocycles. The number of benzene rings is 3. The minimum absolute atomic E-state index is 0. The fourth-order valence-electron chi connectivity index (χ4n) is 6.64. The number of hydrogen-bond acceptors (Lipinski definition) is 13. The molecule has 0 amide bonds. The largest absolute Gasteiger partial charge is 0.507 e. The number of anilines is 1. The fourth-order valence-corrected chi connectivity index (χ4v) is 6.93. The summed E-state index contributed by atoms with van der Waals surface area (Å²) in [5.74, 6) is 2.86. The lowest BCUT2D eigenvalue weighted by molar-refractivity contribution is -0.249. The second kappa shape index (κ2) is 13.7. The third-order valence-corrected chi connectivity index (χ3v) is 9.98. The number of carbonyl (C=O) groups excluding carboxylic acids is 3. The number of phenols is 2. The SMILES string of the molecule is COc1cccc2c1C(=O)c1c(O)c3c(c(O)c1C2=O)C[C@@](O)(C(C)=O)C[C@@H]3OC1CC(NN(N)c2ccc(Cl)c(Cl)c2)C(O)C(C)O1.Cl. The van der Waals surface area contributed by atoms with Gasteiger partial charge in [-0.3, -0.25) is 14.4 Å². The van der Waals surface area contributed by atoms with E-state index in [1.165, 1.54) is 38.3 Å². The molecule has 0 radical (unpaired) electrons. The average molecular weight is 739 g/mol. The van der Waals surface area contributed by atoms with E-state index in [1.807, 2.05) is 0 Å². The number of fused-ring (bicyclic) bond motifs is 3. The number of nitrogens with two attached hydrogens (primary N) is 1. The van der Waals surface area contributed by atoms with Gasteiger partial charge in [-0.25, -0.2) is 16.4 Å². The number of carbonyl (C=O) groups is 3. The summed E-state index contributed by atoms with van der Waals surface area (Å²) in [5, 5.41) is 47.4. The summed E-state index contributed by atoms with van der Waals surface area (Å²) in [6.45, 7) is 2.77. The zero-order valence-corrected chi connectivity index (χ0v) is 28.7. The Bertz CT molecular complexity index is 1860. The molecular weight excluding hydrogens is 705 g/mol. The highest BCUT2D eigenvalue weighted by molar-refractivity contribution is 6.42. The van der Waals surface area contributed by atoms with Crippen molar-refractivity contribution in [1.82, 2.24) is 5.43 Å². The number of aromatic hydroxyl groups is 2. The molecule has 1 saturated heterocycles. The number of nitrogens with zero attached hydrogens (tertiary/aromatic N) is 1. The minimum atomic E-state index is -2.07. The van der Waals surface area contributed by atoms with Crippen LogP contribution in [0.4, 0.5) is 5.69 Å². The van der Waals surface area contributed by atoms with E-state index in [0.29, 0.717) is 10.7 Å². The zero-order valence-electron chi connectivity index (χ0n) is 26.4. The number of rotatable bonds is 7. The van der Waals surface area contributed by atoms with E-state index in [2.05, 4.69) is 5.43 Å². The maximum Gasteiger partial charge on any atom is 0.202 e. The molecule has 1 heterocycles. The molecule has 3 aromatic carbocycles. The van der Waals surface area contributed by atoms with Gasteiger partial charge in [-0.15, -0.1) is 12.4 Å². The number of halogens is 3. The number of aliphatic hydroxyl groups is 2. The van der Waals surface area contributed by atoms with Crippen LogP contribution in [-0.4, -0.2) is 75.0 Å². The van der Waals surface area contributed by atoms with E-state index in [-0.39, 0.29) is 58.3 Å². The van der Waals surface area contributed by atoms with Gasteiger partial charge in [0.05, 0.1) is 63.9 Å². The number of hydrazine groups is 2. The van der Waals surface area contributed by atoms with Crippen molar-refractivity contribution in [2.24, 2.45) is 5.84 Å². The molecule has 1 fully saturated rings. The minimum Gasteiger partial charge on any atom is -0.507 e. The summed E-state index contributed by atoms with van der Waals surface area (Å²) in [4.78, 5) is 40.3. The summed E-state index contributed by atoms with van der Waals surface area (Å²) < 4.78 is 17.6. The van der Waals surface area contributed by atoms with Crippen LogP contribution in [0.1, 0.15) is 75.8 Å². The van der Waals surface area contributed by atoms with Crippen molar-refractivity contribution in [3.05, 3.63) is 79.8 Å². The third-order valence-electron chi connectivity index (χ3n) is 9.24. The van der Waals surface area contributed by atoms with E-state index in [1.54, 1.807) is 19.1 Å². The Kier molecular flexibility index (Phi) is 10.3. The van der Waals surface area contributed by atoms with Gasteiger partial charge in [0.15, 0.2) is 17.9 Å². The topological polar surface area (TPSA) is 201 Å². The van der Waals surface area contributed by atoms with E-state index in [0.717, 1.165) is 5.12 Å². The van der Waals surface area contributed by atoms with Crippen molar-refractivity contribution in [2.45, 2.75) is 69.4 Å². The first kappa shape index (κ1) is 36.8. The van der Waals surface area contributed by atoms with Crippen molar-refractivity contribution >= 4 is 58.6 Å². The second-order valence-electron chi connectivity index (χ2n) is 12.2. The van der Waals surface area contributed by atoms with Gasteiger partial charge >= 0.3 is 0 Å². The number of methoxy groups -OCH3 is 1. The number of nitrogens with one attached hydrogen (secondary N) is 1. The number of Topliss-reactive ketones (excluding diaryl/α,β-unsaturated/α-hetero) is 1. The normalized spacial score (nSPS) is 25.8. The van der Waals surface area contributed by atoms with Crippen LogP contribution in [-0.2, 0) is 20.7 Å². The molecule has 3 aromatic rings. The molecule has 0 spiro atoms. The number of ether oxygens (including phenoxy) is 3. The number of aliphatic hydroxyl groups excluding tert-OH is 1. The van der Waals surface area contributed by atoms with Gasteiger partial charge in [0.25, 0.3) is 0 Å². The standard InChI is InChI=1S/C33H33Cl2N3O10.ClH/c1-13-28(40)20(37-38(36)15-7-8-18(34)19(35)9-15)10-23(47-13)48-22-12-33(45,14(2)39)11-17-25(22)32(44)27-26(30(17)42)29(41)16-5-4-6-21(46-3)24(16)31(27)43;/h4-9,13,20,22-23,28,37,40,42,44-45H,10-12,36H2,1-3H3;1H/t13?,20?,22-,23?,28?,33-;/m0./s1. The summed E-state index contributed by atoms with van der Waals surface area (Å²) in [7, 11) is 1.33. The quantitative estimate of drug-likeness (QED) is 0.0912. The number of hydrogen-bond donors (Lipinski definition) is 6. The van der Waals surface area contributed by atoms with Crippen LogP contribution in [0.5, 0.6) is 17.2 Å². The van der Waals surface area contributed by atoms with Gasteiger partial charge in [-0.1, -0.05) is 35.3 Å². The lowest BCUT2D eigenvalue weighted by atomic mass is 9.72. The highest BCUT2D eigenvalue weighted by Gasteiger charge is 2.49. The zero-order chi connectivity index (χ0) is 34.8. The van der Waals surface area contributed by atoms with Gasteiger partial charge in [-0.2, -0.15) is 0 Å². The highest BCUT2D eigenvalue weighted by atomic mass is 35.5. The Morgan fingerprint density at radius 3 is 2.43 bits per heavy atom. The Hall–Kier alpha value is -3.50. The molecule has 3 aliphatic rings. The predicted molar refractivity (Wildman–Crippen MR) is 180 cm³/mol. The maximum atomic E-state index is 13.9. The highest BCUT2D eigenvalue weighted by Crippen LogP contribution is 2.52. The van der Waals surface area contributed by atoms with E-state index < -0.39 is 82.6 Å². The Balaban J connectivity index is 0.00000468. The second-order valence-corrected chi connectivity index (χ2v) is 13.0. The van der Waals surface area contributed by atoms with Gasteiger partial charge in [-0.05, 0) is 38.1 Å². The molecule has 49 heavy (non-hydrogen) atoms.